The summed E-state index contributed by atoms with van der Waals surface area (Å²) >= 11 is 7.52. The van der Waals surface area contributed by atoms with Crippen molar-refractivity contribution in [3.05, 3.63) is 29.3 Å². The molecule has 17 heavy (non-hydrogen) atoms. The van der Waals surface area contributed by atoms with Crippen molar-refractivity contribution in [3.63, 3.8) is 0 Å². The van der Waals surface area contributed by atoms with E-state index in [-0.39, 0.29) is 5.91 Å². The lowest BCUT2D eigenvalue weighted by Gasteiger charge is -2.26. The summed E-state index contributed by atoms with van der Waals surface area (Å²) in [6, 6.07) is 7.34. The van der Waals surface area contributed by atoms with E-state index in [0.717, 1.165) is 29.6 Å². The van der Waals surface area contributed by atoms with Crippen molar-refractivity contribution in [3.8, 4) is 0 Å². The van der Waals surface area contributed by atoms with Gasteiger partial charge < -0.3 is 0 Å². The third kappa shape index (κ3) is 3.23. The van der Waals surface area contributed by atoms with Crippen LogP contribution in [0.4, 0.5) is 5.69 Å². The molecule has 1 heterocycles. The lowest BCUT2D eigenvalue weighted by atomic mass is 10.3. The van der Waals surface area contributed by atoms with Crippen LogP contribution in [-0.2, 0) is 4.79 Å². The number of rotatable bonds is 1. The molecule has 5 heteroatoms. The molecule has 0 spiro atoms. The summed E-state index contributed by atoms with van der Waals surface area (Å²) in [5.41, 5.74) is 0.785. The van der Waals surface area contributed by atoms with Crippen molar-refractivity contribution in [2.45, 2.75) is 13.3 Å². The molecule has 0 atom stereocenters. The molecule has 1 amide bonds. The van der Waals surface area contributed by atoms with Gasteiger partial charge in [-0.15, -0.1) is 0 Å². The highest BCUT2D eigenvalue weighted by Crippen LogP contribution is 2.24. The standard InChI is InChI=1S/C12H13ClN2OS/c1-9(16)15-6-3-7-17-12(15)14-11-5-2-4-10(13)8-11/h2,4-5,8H,3,6-7H2,1H3. The molecule has 1 saturated heterocycles. The van der Waals surface area contributed by atoms with Gasteiger partial charge in [0.05, 0.1) is 5.69 Å². The Morgan fingerprint density at radius 3 is 3.06 bits per heavy atom. The topological polar surface area (TPSA) is 32.7 Å². The van der Waals surface area contributed by atoms with Gasteiger partial charge in [-0.1, -0.05) is 29.4 Å². The SMILES string of the molecule is CC(=O)N1CCCSC1=Nc1cccc(Cl)c1. The van der Waals surface area contributed by atoms with Gasteiger partial charge in [0, 0.05) is 24.2 Å². The average molecular weight is 269 g/mol. The summed E-state index contributed by atoms with van der Waals surface area (Å²) in [6.45, 7) is 2.32. The molecule has 1 aliphatic rings. The predicted molar refractivity (Wildman–Crippen MR) is 73.0 cm³/mol. The molecule has 0 aliphatic carbocycles. The third-order valence-corrected chi connectivity index (χ3v) is 3.70. The van der Waals surface area contributed by atoms with Gasteiger partial charge in [0.25, 0.3) is 0 Å². The Labute approximate surface area is 110 Å². The van der Waals surface area contributed by atoms with Gasteiger partial charge in [-0.2, -0.15) is 0 Å². The quantitative estimate of drug-likeness (QED) is 0.783. The summed E-state index contributed by atoms with van der Waals surface area (Å²) in [4.78, 5) is 17.7. The molecule has 0 unspecified atom stereocenters. The van der Waals surface area contributed by atoms with E-state index < -0.39 is 0 Å². The first-order chi connectivity index (χ1) is 8.16. The summed E-state index contributed by atoms with van der Waals surface area (Å²) in [6.07, 6.45) is 1.01. The zero-order valence-corrected chi connectivity index (χ0v) is 11.1. The number of hydrogen-bond donors (Lipinski definition) is 0. The minimum absolute atomic E-state index is 0.0398. The molecule has 1 aromatic carbocycles. The minimum atomic E-state index is 0.0398. The molecule has 0 bridgehead atoms. The van der Waals surface area contributed by atoms with Gasteiger partial charge in [0.1, 0.15) is 0 Å². The maximum absolute atomic E-state index is 11.5. The molecule has 1 aromatic rings. The summed E-state index contributed by atoms with van der Waals surface area (Å²) in [5, 5.41) is 1.42. The number of thioether (sulfide) groups is 1. The van der Waals surface area contributed by atoms with Gasteiger partial charge in [0.2, 0.25) is 5.91 Å². The zero-order valence-electron chi connectivity index (χ0n) is 9.52. The Hall–Kier alpha value is -1.00. The number of nitrogens with zero attached hydrogens (tertiary/aromatic N) is 2. The first-order valence-corrected chi connectivity index (χ1v) is 6.78. The molecular formula is C12H13ClN2OS. The molecular weight excluding hydrogens is 256 g/mol. The van der Waals surface area contributed by atoms with Crippen molar-refractivity contribution >= 4 is 40.1 Å². The normalized spacial score (nSPS) is 18.5. The number of carbonyl (C=O) groups is 1. The van der Waals surface area contributed by atoms with Crippen LogP contribution in [-0.4, -0.2) is 28.3 Å². The van der Waals surface area contributed by atoms with E-state index in [0.29, 0.717) is 5.02 Å². The summed E-state index contributed by atoms with van der Waals surface area (Å²) in [7, 11) is 0. The maximum atomic E-state index is 11.5. The van der Waals surface area contributed by atoms with Gasteiger partial charge in [-0.3, -0.25) is 9.69 Å². The number of aliphatic imine (C=N–C) groups is 1. The molecule has 2 rings (SSSR count). The molecule has 90 valence electrons. The van der Waals surface area contributed by atoms with Crippen molar-refractivity contribution in [2.24, 2.45) is 4.99 Å². The lowest BCUT2D eigenvalue weighted by molar-refractivity contribution is -0.125. The highest BCUT2D eigenvalue weighted by Gasteiger charge is 2.20. The van der Waals surface area contributed by atoms with Gasteiger partial charge in [-0.05, 0) is 24.6 Å². The number of hydrogen-bond acceptors (Lipinski definition) is 3. The van der Waals surface area contributed by atoms with Crippen LogP contribution in [0.5, 0.6) is 0 Å². The van der Waals surface area contributed by atoms with E-state index in [4.69, 9.17) is 11.6 Å². The lowest BCUT2D eigenvalue weighted by Crippen LogP contribution is -2.37. The average Bonchev–Trinajstić information content (AvgIpc) is 2.29. The van der Waals surface area contributed by atoms with Gasteiger partial charge in [-0.25, -0.2) is 4.99 Å². The van der Waals surface area contributed by atoms with Crippen LogP contribution in [0.25, 0.3) is 0 Å². The molecule has 0 saturated carbocycles. The fourth-order valence-corrected chi connectivity index (χ4v) is 2.79. The van der Waals surface area contributed by atoms with Crippen molar-refractivity contribution in [1.29, 1.82) is 0 Å². The van der Waals surface area contributed by atoms with E-state index in [9.17, 15) is 4.79 Å². The monoisotopic (exact) mass is 268 g/mol. The number of halogens is 1. The van der Waals surface area contributed by atoms with E-state index in [1.807, 2.05) is 18.2 Å². The van der Waals surface area contributed by atoms with E-state index in [2.05, 4.69) is 4.99 Å². The fourth-order valence-electron chi connectivity index (χ4n) is 1.60. The minimum Gasteiger partial charge on any atom is -0.292 e. The summed E-state index contributed by atoms with van der Waals surface area (Å²) < 4.78 is 0. The van der Waals surface area contributed by atoms with Gasteiger partial charge >= 0.3 is 0 Å². The van der Waals surface area contributed by atoms with Crippen molar-refractivity contribution in [1.82, 2.24) is 4.90 Å². The highest BCUT2D eigenvalue weighted by molar-refractivity contribution is 8.13. The second-order valence-electron chi connectivity index (χ2n) is 3.75. The number of carbonyl (C=O) groups excluding carboxylic acids is 1. The van der Waals surface area contributed by atoms with Crippen LogP contribution in [0.1, 0.15) is 13.3 Å². The van der Waals surface area contributed by atoms with Crippen molar-refractivity contribution in [2.75, 3.05) is 12.3 Å². The molecule has 0 radical (unpaired) electrons. The van der Waals surface area contributed by atoms with Crippen LogP contribution >= 0.6 is 23.4 Å². The third-order valence-electron chi connectivity index (χ3n) is 2.40. The Bertz CT molecular complexity index is 462. The molecule has 0 N–H and O–H groups in total. The second-order valence-corrected chi connectivity index (χ2v) is 5.25. The van der Waals surface area contributed by atoms with E-state index in [1.54, 1.807) is 29.7 Å². The molecule has 1 aliphatic heterocycles. The number of amides is 1. The first-order valence-electron chi connectivity index (χ1n) is 5.42. The predicted octanol–water partition coefficient (Wildman–Crippen LogP) is 3.31. The molecule has 1 fully saturated rings. The van der Waals surface area contributed by atoms with E-state index in [1.165, 1.54) is 0 Å². The van der Waals surface area contributed by atoms with Gasteiger partial charge in [0.15, 0.2) is 5.17 Å². The van der Waals surface area contributed by atoms with Crippen LogP contribution < -0.4 is 0 Å². The fraction of sp³-hybridized carbons (Fsp3) is 0.333. The van der Waals surface area contributed by atoms with Crippen LogP contribution in [0, 0.1) is 0 Å². The highest BCUT2D eigenvalue weighted by atomic mass is 35.5. The first kappa shape index (κ1) is 12.5. The Morgan fingerprint density at radius 1 is 1.53 bits per heavy atom. The molecule has 0 aromatic heterocycles. The Balaban J connectivity index is 2.27. The Kier molecular flexibility index (Phi) is 4.07. The smallest absolute Gasteiger partial charge is 0.225 e. The number of benzene rings is 1. The Morgan fingerprint density at radius 2 is 2.35 bits per heavy atom. The van der Waals surface area contributed by atoms with Crippen molar-refractivity contribution < 1.29 is 4.79 Å². The second kappa shape index (κ2) is 5.56. The maximum Gasteiger partial charge on any atom is 0.225 e. The largest absolute Gasteiger partial charge is 0.292 e. The zero-order chi connectivity index (χ0) is 12.3. The van der Waals surface area contributed by atoms with Crippen LogP contribution in [0.15, 0.2) is 29.3 Å². The van der Waals surface area contributed by atoms with Crippen LogP contribution in [0.3, 0.4) is 0 Å². The van der Waals surface area contributed by atoms with E-state index >= 15 is 0 Å². The number of amidine groups is 1. The van der Waals surface area contributed by atoms with Crippen LogP contribution in [0.2, 0.25) is 5.02 Å². The molecule has 3 nitrogen and oxygen atoms in total. The summed E-state index contributed by atoms with van der Waals surface area (Å²) in [5.74, 6) is 1.04.